The highest BCUT2D eigenvalue weighted by atomic mass is 16.4. The monoisotopic (exact) mass is 306 g/mol. The molecule has 2 amide bonds. The summed E-state index contributed by atoms with van der Waals surface area (Å²) in [5.41, 5.74) is -0.518. The lowest BCUT2D eigenvalue weighted by atomic mass is 9.97. The van der Waals surface area contributed by atoms with Gasteiger partial charge in [0.1, 0.15) is 5.54 Å². The molecule has 120 valence electrons. The number of aliphatic carboxylic acids is 1. The molecule has 0 unspecified atom stereocenters. The number of amides is 2. The third kappa shape index (κ3) is 4.87. The Morgan fingerprint density at radius 2 is 1.82 bits per heavy atom. The predicted molar refractivity (Wildman–Crippen MR) is 82.1 cm³/mol. The van der Waals surface area contributed by atoms with Crippen LogP contribution >= 0.6 is 0 Å². The number of carboxylic acid groups (broad SMARTS) is 1. The summed E-state index contributed by atoms with van der Waals surface area (Å²) in [6, 6.07) is 8.60. The maximum absolute atomic E-state index is 12.2. The number of carboxylic acids is 1. The quantitative estimate of drug-likeness (QED) is 0.713. The molecule has 2 atom stereocenters. The molecule has 0 aromatic heterocycles. The molecular weight excluding hydrogens is 284 g/mol. The molecule has 6 heteroatoms. The lowest BCUT2D eigenvalue weighted by Gasteiger charge is -2.26. The lowest BCUT2D eigenvalue weighted by Crippen LogP contribution is -2.52. The average Bonchev–Trinajstić information content (AvgIpc) is 2.46. The maximum atomic E-state index is 12.2. The molecule has 0 spiro atoms. The number of hydrogen-bond acceptors (Lipinski definition) is 3. The van der Waals surface area contributed by atoms with Gasteiger partial charge in [0.25, 0.3) is 0 Å². The zero-order valence-corrected chi connectivity index (χ0v) is 13.1. The summed E-state index contributed by atoms with van der Waals surface area (Å²) >= 11 is 0. The fourth-order valence-electron chi connectivity index (χ4n) is 2.02. The largest absolute Gasteiger partial charge is 0.480 e. The van der Waals surface area contributed by atoms with Gasteiger partial charge in [-0.1, -0.05) is 37.3 Å². The highest BCUT2D eigenvalue weighted by Crippen LogP contribution is 2.18. The number of benzene rings is 1. The molecule has 0 radical (unpaired) electrons. The predicted octanol–water partition coefficient (Wildman–Crippen LogP) is 1.62. The van der Waals surface area contributed by atoms with Crippen molar-refractivity contribution in [1.82, 2.24) is 10.6 Å². The van der Waals surface area contributed by atoms with Crippen molar-refractivity contribution < 1.29 is 19.5 Å². The summed E-state index contributed by atoms with van der Waals surface area (Å²) in [6.45, 7) is 4.53. The minimum absolute atomic E-state index is 0.0214. The van der Waals surface area contributed by atoms with Crippen molar-refractivity contribution >= 4 is 17.8 Å². The van der Waals surface area contributed by atoms with Crippen LogP contribution in [0.15, 0.2) is 30.3 Å². The van der Waals surface area contributed by atoms with Gasteiger partial charge in [0.15, 0.2) is 0 Å². The van der Waals surface area contributed by atoms with Gasteiger partial charge in [-0.05, 0) is 18.9 Å². The molecule has 1 aromatic rings. The second-order valence-electron chi connectivity index (χ2n) is 5.41. The van der Waals surface area contributed by atoms with E-state index in [0.717, 1.165) is 5.56 Å². The number of hydrogen-bond donors (Lipinski definition) is 3. The smallest absolute Gasteiger partial charge is 0.329 e. The van der Waals surface area contributed by atoms with Crippen LogP contribution in [0.25, 0.3) is 0 Å². The highest BCUT2D eigenvalue weighted by molar-refractivity contribution is 5.87. The molecule has 6 nitrogen and oxygen atoms in total. The van der Waals surface area contributed by atoms with Crippen molar-refractivity contribution in [2.45, 2.75) is 45.2 Å². The molecule has 0 aliphatic rings. The summed E-state index contributed by atoms with van der Waals surface area (Å²) in [5, 5.41) is 14.4. The van der Waals surface area contributed by atoms with Gasteiger partial charge in [0, 0.05) is 6.92 Å². The van der Waals surface area contributed by atoms with Gasteiger partial charge in [-0.15, -0.1) is 0 Å². The van der Waals surface area contributed by atoms with Crippen molar-refractivity contribution in [2.75, 3.05) is 0 Å². The molecule has 3 N–H and O–H groups in total. The molecule has 0 aliphatic carbocycles. The van der Waals surface area contributed by atoms with Gasteiger partial charge in [-0.2, -0.15) is 0 Å². The Kier molecular flexibility index (Phi) is 6.10. The van der Waals surface area contributed by atoms with Crippen LogP contribution in [0.2, 0.25) is 0 Å². The lowest BCUT2D eigenvalue weighted by molar-refractivity contribution is -0.147. The van der Waals surface area contributed by atoms with Gasteiger partial charge in [0.05, 0.1) is 12.5 Å². The molecule has 0 fully saturated rings. The average molecular weight is 306 g/mol. The first-order valence-electron chi connectivity index (χ1n) is 7.15. The summed E-state index contributed by atoms with van der Waals surface area (Å²) in [4.78, 5) is 34.7. The maximum Gasteiger partial charge on any atom is 0.329 e. The van der Waals surface area contributed by atoms with Crippen molar-refractivity contribution in [3.8, 4) is 0 Å². The van der Waals surface area contributed by atoms with E-state index >= 15 is 0 Å². The van der Waals surface area contributed by atoms with Gasteiger partial charge >= 0.3 is 5.97 Å². The van der Waals surface area contributed by atoms with Crippen LogP contribution in [-0.4, -0.2) is 28.4 Å². The molecule has 22 heavy (non-hydrogen) atoms. The highest BCUT2D eigenvalue weighted by Gasteiger charge is 2.33. The van der Waals surface area contributed by atoms with E-state index in [9.17, 15) is 19.5 Å². The molecule has 0 heterocycles. The summed E-state index contributed by atoms with van der Waals surface area (Å²) < 4.78 is 0. The first kappa shape index (κ1) is 17.7. The first-order valence-corrected chi connectivity index (χ1v) is 7.15. The van der Waals surface area contributed by atoms with Gasteiger partial charge in [-0.25, -0.2) is 4.79 Å². The SMILES string of the molecule is CC[C@](C)(NC(=O)C[C@@H](NC(C)=O)c1ccccc1)C(=O)O. The molecule has 0 saturated heterocycles. The first-order chi connectivity index (χ1) is 10.3. The Morgan fingerprint density at radius 3 is 2.27 bits per heavy atom. The second-order valence-corrected chi connectivity index (χ2v) is 5.41. The molecule has 0 saturated carbocycles. The van der Waals surface area contributed by atoms with Crippen molar-refractivity contribution in [3.63, 3.8) is 0 Å². The third-order valence-electron chi connectivity index (χ3n) is 3.56. The van der Waals surface area contributed by atoms with E-state index < -0.39 is 23.5 Å². The number of rotatable bonds is 7. The molecular formula is C16H22N2O4. The minimum atomic E-state index is -1.31. The van der Waals surface area contributed by atoms with Gasteiger partial charge in [0.2, 0.25) is 11.8 Å². The topological polar surface area (TPSA) is 95.5 Å². The third-order valence-corrected chi connectivity index (χ3v) is 3.56. The summed E-state index contributed by atoms with van der Waals surface area (Å²) in [5.74, 6) is -1.76. The van der Waals surface area contributed by atoms with Crippen LogP contribution in [-0.2, 0) is 14.4 Å². The van der Waals surface area contributed by atoms with Gasteiger partial charge < -0.3 is 15.7 Å². The fraction of sp³-hybridized carbons (Fsp3) is 0.438. The van der Waals surface area contributed by atoms with E-state index in [2.05, 4.69) is 10.6 Å². The molecule has 1 rings (SSSR count). The van der Waals surface area contributed by atoms with Crippen LogP contribution in [0.4, 0.5) is 0 Å². The molecule has 1 aromatic carbocycles. The summed E-state index contributed by atoms with van der Waals surface area (Å²) in [7, 11) is 0. The van der Waals surface area contributed by atoms with Crippen LogP contribution in [0, 0.1) is 0 Å². The van der Waals surface area contributed by atoms with Gasteiger partial charge in [-0.3, -0.25) is 9.59 Å². The van der Waals surface area contributed by atoms with E-state index in [0.29, 0.717) is 0 Å². The van der Waals surface area contributed by atoms with Crippen LogP contribution < -0.4 is 10.6 Å². The van der Waals surface area contributed by atoms with Crippen LogP contribution in [0.5, 0.6) is 0 Å². The number of carbonyl (C=O) groups excluding carboxylic acids is 2. The Morgan fingerprint density at radius 1 is 1.23 bits per heavy atom. The Hall–Kier alpha value is -2.37. The van der Waals surface area contributed by atoms with Crippen LogP contribution in [0.1, 0.15) is 45.2 Å². The second kappa shape index (κ2) is 7.59. The number of nitrogens with one attached hydrogen (secondary N) is 2. The zero-order chi connectivity index (χ0) is 16.8. The fourth-order valence-corrected chi connectivity index (χ4v) is 2.02. The zero-order valence-electron chi connectivity index (χ0n) is 13.1. The summed E-state index contributed by atoms with van der Waals surface area (Å²) in [6.07, 6.45) is 0.247. The molecule has 0 aliphatic heterocycles. The van der Waals surface area contributed by atoms with E-state index in [1.54, 1.807) is 6.92 Å². The van der Waals surface area contributed by atoms with Crippen molar-refractivity contribution in [1.29, 1.82) is 0 Å². The minimum Gasteiger partial charge on any atom is -0.480 e. The van der Waals surface area contributed by atoms with E-state index in [1.807, 2.05) is 30.3 Å². The molecule has 0 bridgehead atoms. The Balaban J connectivity index is 2.84. The van der Waals surface area contributed by atoms with E-state index in [4.69, 9.17) is 0 Å². The van der Waals surface area contributed by atoms with E-state index in [1.165, 1.54) is 13.8 Å². The normalized spacial score (nSPS) is 14.5. The number of carbonyl (C=O) groups is 3. The van der Waals surface area contributed by atoms with E-state index in [-0.39, 0.29) is 18.7 Å². The van der Waals surface area contributed by atoms with Crippen LogP contribution in [0.3, 0.4) is 0 Å². The van der Waals surface area contributed by atoms with Crippen molar-refractivity contribution in [2.24, 2.45) is 0 Å². The van der Waals surface area contributed by atoms with Crippen molar-refractivity contribution in [3.05, 3.63) is 35.9 Å². The standard InChI is InChI=1S/C16H22N2O4/c1-4-16(3,15(21)22)18-14(20)10-13(17-11(2)19)12-8-6-5-7-9-12/h5-9,13H,4,10H2,1-3H3,(H,17,19)(H,18,20)(H,21,22)/t13-,16+/m1/s1. The Labute approximate surface area is 129 Å². The Bertz CT molecular complexity index is 544.